The fourth-order valence-corrected chi connectivity index (χ4v) is 1.70. The van der Waals surface area contributed by atoms with Gasteiger partial charge in [0, 0.05) is 13.2 Å². The molecular formula is C20H44O7. The molecule has 0 bridgehead atoms. The van der Waals surface area contributed by atoms with Gasteiger partial charge >= 0.3 is 0 Å². The van der Waals surface area contributed by atoms with Crippen molar-refractivity contribution in [2.24, 2.45) is 0 Å². The molecule has 0 saturated heterocycles. The van der Waals surface area contributed by atoms with Crippen molar-refractivity contribution in [3.63, 3.8) is 0 Å². The molecule has 0 spiro atoms. The van der Waals surface area contributed by atoms with Gasteiger partial charge in [0.2, 0.25) is 0 Å². The quantitative estimate of drug-likeness (QED) is 0.344. The standard InChI is InChI=1S/C12H26O4.C8H18O3/c1-5-6-14-11(3)8-16-12(4)9-15-10(2)7-13;1-2-3-5-10-7-8-11-6-4-9/h10-13H,5-9H2,1-4H3;9H,2-8H2,1H3. The lowest BCUT2D eigenvalue weighted by molar-refractivity contribution is -0.0742. The molecule has 166 valence electrons. The van der Waals surface area contributed by atoms with Crippen molar-refractivity contribution in [3.8, 4) is 0 Å². The maximum atomic E-state index is 8.78. The van der Waals surface area contributed by atoms with E-state index in [0.717, 1.165) is 32.5 Å². The van der Waals surface area contributed by atoms with Crippen LogP contribution in [0.25, 0.3) is 0 Å². The average molecular weight is 397 g/mol. The summed E-state index contributed by atoms with van der Waals surface area (Å²) in [6, 6.07) is 0. The molecule has 0 aliphatic heterocycles. The number of ether oxygens (including phenoxy) is 5. The molecule has 27 heavy (non-hydrogen) atoms. The van der Waals surface area contributed by atoms with Crippen molar-refractivity contribution in [2.45, 2.75) is 72.2 Å². The number of hydrogen-bond donors (Lipinski definition) is 2. The molecule has 7 nitrogen and oxygen atoms in total. The molecule has 0 aliphatic carbocycles. The molecule has 0 aromatic carbocycles. The van der Waals surface area contributed by atoms with Crippen LogP contribution >= 0.6 is 0 Å². The molecule has 2 N–H and O–H groups in total. The molecule has 0 saturated carbocycles. The van der Waals surface area contributed by atoms with Gasteiger partial charge in [0.25, 0.3) is 0 Å². The first-order valence-corrected chi connectivity index (χ1v) is 10.2. The molecule has 3 atom stereocenters. The van der Waals surface area contributed by atoms with Gasteiger partial charge in [0.1, 0.15) is 0 Å². The summed E-state index contributed by atoms with van der Waals surface area (Å²) < 4.78 is 26.6. The lowest BCUT2D eigenvalue weighted by atomic mass is 10.4. The van der Waals surface area contributed by atoms with E-state index in [1.54, 1.807) is 0 Å². The number of unbranched alkanes of at least 4 members (excludes halogenated alkanes) is 1. The monoisotopic (exact) mass is 396 g/mol. The topological polar surface area (TPSA) is 86.6 Å². The van der Waals surface area contributed by atoms with Gasteiger partial charge in [0.15, 0.2) is 0 Å². The molecule has 0 radical (unpaired) electrons. The third-order valence-corrected chi connectivity index (χ3v) is 3.34. The Labute approximate surface area is 166 Å². The van der Waals surface area contributed by atoms with E-state index in [4.69, 9.17) is 33.9 Å². The Morgan fingerprint density at radius 1 is 0.630 bits per heavy atom. The predicted molar refractivity (Wildman–Crippen MR) is 107 cm³/mol. The first-order chi connectivity index (χ1) is 13.0. The van der Waals surface area contributed by atoms with E-state index >= 15 is 0 Å². The van der Waals surface area contributed by atoms with Crippen LogP contribution in [0, 0.1) is 0 Å². The third kappa shape index (κ3) is 25.7. The summed E-state index contributed by atoms with van der Waals surface area (Å²) in [7, 11) is 0. The van der Waals surface area contributed by atoms with Crippen LogP contribution in [0.5, 0.6) is 0 Å². The van der Waals surface area contributed by atoms with Crippen molar-refractivity contribution in [1.29, 1.82) is 0 Å². The Kier molecular flexibility index (Phi) is 25.5. The Balaban J connectivity index is 0. The molecule has 0 aromatic heterocycles. The lowest BCUT2D eigenvalue weighted by Crippen LogP contribution is -2.26. The van der Waals surface area contributed by atoms with Gasteiger partial charge in [-0.15, -0.1) is 0 Å². The van der Waals surface area contributed by atoms with Gasteiger partial charge in [0.05, 0.1) is 64.6 Å². The predicted octanol–water partition coefficient (Wildman–Crippen LogP) is 2.42. The van der Waals surface area contributed by atoms with Crippen LogP contribution in [0.4, 0.5) is 0 Å². The number of hydrogen-bond acceptors (Lipinski definition) is 7. The van der Waals surface area contributed by atoms with Crippen LogP contribution in [0.2, 0.25) is 0 Å². The number of aliphatic hydroxyl groups excluding tert-OH is 2. The first-order valence-electron chi connectivity index (χ1n) is 10.2. The first kappa shape index (κ1) is 28.9. The molecule has 0 heterocycles. The van der Waals surface area contributed by atoms with E-state index in [2.05, 4.69) is 13.8 Å². The van der Waals surface area contributed by atoms with Crippen LogP contribution < -0.4 is 0 Å². The summed E-state index contributed by atoms with van der Waals surface area (Å²) in [4.78, 5) is 0. The van der Waals surface area contributed by atoms with Crippen molar-refractivity contribution >= 4 is 0 Å². The summed E-state index contributed by atoms with van der Waals surface area (Å²) in [5.41, 5.74) is 0. The zero-order chi connectivity index (χ0) is 20.8. The second-order valence-corrected chi connectivity index (χ2v) is 6.45. The highest BCUT2D eigenvalue weighted by Gasteiger charge is 2.08. The minimum absolute atomic E-state index is 0.0293. The minimum Gasteiger partial charge on any atom is -0.394 e. The van der Waals surface area contributed by atoms with Gasteiger partial charge in [-0.25, -0.2) is 0 Å². The highest BCUT2D eigenvalue weighted by Crippen LogP contribution is 2.00. The summed E-state index contributed by atoms with van der Waals surface area (Å²) in [6.07, 6.45) is 3.33. The van der Waals surface area contributed by atoms with Crippen LogP contribution in [0.3, 0.4) is 0 Å². The molecular weight excluding hydrogens is 352 g/mol. The van der Waals surface area contributed by atoms with E-state index < -0.39 is 0 Å². The maximum Gasteiger partial charge on any atom is 0.0781 e. The van der Waals surface area contributed by atoms with E-state index in [9.17, 15) is 0 Å². The minimum atomic E-state index is -0.125. The van der Waals surface area contributed by atoms with Gasteiger partial charge < -0.3 is 33.9 Å². The molecule has 0 aromatic rings. The summed E-state index contributed by atoms with van der Waals surface area (Å²) >= 11 is 0. The summed E-state index contributed by atoms with van der Waals surface area (Å²) in [5.74, 6) is 0. The van der Waals surface area contributed by atoms with E-state index in [-0.39, 0.29) is 31.5 Å². The van der Waals surface area contributed by atoms with E-state index in [1.165, 1.54) is 0 Å². The third-order valence-electron chi connectivity index (χ3n) is 3.34. The van der Waals surface area contributed by atoms with Crippen molar-refractivity contribution in [1.82, 2.24) is 0 Å². The van der Waals surface area contributed by atoms with E-state index in [0.29, 0.717) is 33.0 Å². The lowest BCUT2D eigenvalue weighted by Gasteiger charge is -2.19. The SMILES string of the molecule is CCCCOCCOCCO.CCCOC(C)COC(C)COC(C)CO. The van der Waals surface area contributed by atoms with Crippen LogP contribution in [-0.4, -0.2) is 88.0 Å². The smallest absolute Gasteiger partial charge is 0.0781 e. The van der Waals surface area contributed by atoms with Crippen molar-refractivity contribution in [2.75, 3.05) is 59.5 Å². The zero-order valence-corrected chi connectivity index (χ0v) is 18.2. The largest absolute Gasteiger partial charge is 0.394 e. The fraction of sp³-hybridized carbons (Fsp3) is 1.00. The van der Waals surface area contributed by atoms with E-state index in [1.807, 2.05) is 20.8 Å². The Morgan fingerprint density at radius 2 is 1.19 bits per heavy atom. The number of aliphatic hydroxyl groups is 2. The second kappa shape index (κ2) is 23.8. The molecule has 0 aliphatic rings. The van der Waals surface area contributed by atoms with Gasteiger partial charge in [-0.1, -0.05) is 20.3 Å². The van der Waals surface area contributed by atoms with Crippen molar-refractivity contribution < 1.29 is 33.9 Å². The molecule has 0 rings (SSSR count). The summed E-state index contributed by atoms with van der Waals surface area (Å²) in [5, 5.41) is 17.1. The van der Waals surface area contributed by atoms with Gasteiger partial charge in [-0.2, -0.15) is 0 Å². The fourth-order valence-electron chi connectivity index (χ4n) is 1.70. The Morgan fingerprint density at radius 3 is 1.70 bits per heavy atom. The highest BCUT2D eigenvalue weighted by molar-refractivity contribution is 4.54. The Bertz CT molecular complexity index is 259. The average Bonchev–Trinajstić information content (AvgIpc) is 2.68. The van der Waals surface area contributed by atoms with Crippen LogP contribution in [0.15, 0.2) is 0 Å². The molecule has 0 amide bonds. The maximum absolute atomic E-state index is 8.78. The summed E-state index contributed by atoms with van der Waals surface area (Å²) in [6.45, 7) is 14.5. The molecule has 0 fully saturated rings. The van der Waals surface area contributed by atoms with Gasteiger partial charge in [-0.05, 0) is 33.6 Å². The van der Waals surface area contributed by atoms with Crippen LogP contribution in [0.1, 0.15) is 53.9 Å². The normalized spacial score (nSPS) is 14.3. The van der Waals surface area contributed by atoms with Crippen LogP contribution in [-0.2, 0) is 23.7 Å². The number of rotatable bonds is 18. The molecule has 3 unspecified atom stereocenters. The molecule has 7 heteroatoms. The second-order valence-electron chi connectivity index (χ2n) is 6.45. The van der Waals surface area contributed by atoms with Crippen molar-refractivity contribution in [3.05, 3.63) is 0 Å². The zero-order valence-electron chi connectivity index (χ0n) is 18.2. The van der Waals surface area contributed by atoms with Gasteiger partial charge in [-0.3, -0.25) is 0 Å². The Hall–Kier alpha value is -0.280. The highest BCUT2D eigenvalue weighted by atomic mass is 16.6.